The molecule has 7 heteroatoms. The van der Waals surface area contributed by atoms with Crippen LogP contribution in [0.15, 0.2) is 103 Å². The molecule has 0 aromatic heterocycles. The Morgan fingerprint density at radius 3 is 1.82 bits per heavy atom. The fraction of sp³-hybridized carbons (Fsp3) is 0.121. The van der Waals surface area contributed by atoms with Gasteiger partial charge in [0.15, 0.2) is 16.6 Å². The molecule has 0 saturated carbocycles. The Balaban J connectivity index is 1.55. The van der Waals surface area contributed by atoms with E-state index in [1.807, 2.05) is 92.7 Å². The van der Waals surface area contributed by atoms with E-state index in [-0.39, 0.29) is 10.7 Å². The number of methoxy groups -OCH3 is 1. The lowest BCUT2D eigenvalue weighted by molar-refractivity contribution is -0.120. The molecule has 40 heavy (non-hydrogen) atoms. The van der Waals surface area contributed by atoms with Crippen LogP contribution in [0.2, 0.25) is 0 Å². The number of hydrogen-bond acceptors (Lipinski definition) is 5. The summed E-state index contributed by atoms with van der Waals surface area (Å²) >= 11 is 5.78. The number of benzene rings is 4. The molecule has 4 aromatic rings. The van der Waals surface area contributed by atoms with Crippen LogP contribution in [0.5, 0.6) is 11.5 Å². The van der Waals surface area contributed by atoms with Crippen LogP contribution in [0.1, 0.15) is 22.3 Å². The Labute approximate surface area is 239 Å². The average Bonchev–Trinajstić information content (AvgIpc) is 2.97. The third kappa shape index (κ3) is 5.24. The van der Waals surface area contributed by atoms with Gasteiger partial charge in [-0.25, -0.2) is 0 Å². The van der Waals surface area contributed by atoms with Gasteiger partial charge in [0.05, 0.1) is 18.5 Å². The van der Waals surface area contributed by atoms with Crippen molar-refractivity contribution in [1.29, 1.82) is 0 Å². The Morgan fingerprint density at radius 1 is 0.725 bits per heavy atom. The molecule has 0 spiro atoms. The zero-order valence-corrected chi connectivity index (χ0v) is 23.3. The lowest BCUT2D eigenvalue weighted by Gasteiger charge is -2.37. The van der Waals surface area contributed by atoms with Crippen molar-refractivity contribution in [3.8, 4) is 11.5 Å². The molecule has 0 aliphatic carbocycles. The molecule has 0 bridgehead atoms. The first-order valence-electron chi connectivity index (χ1n) is 12.8. The topological polar surface area (TPSA) is 59.1 Å². The molecule has 1 heterocycles. The van der Waals surface area contributed by atoms with Crippen LogP contribution in [0, 0.1) is 13.8 Å². The van der Waals surface area contributed by atoms with Gasteiger partial charge in [-0.15, -0.1) is 0 Å². The molecule has 5 rings (SSSR count). The van der Waals surface area contributed by atoms with Crippen molar-refractivity contribution in [3.05, 3.63) is 125 Å². The molecular weight excluding hydrogens is 520 g/mol. The third-order valence-corrected chi connectivity index (χ3v) is 7.06. The first-order valence-corrected chi connectivity index (χ1v) is 13.2. The second-order valence-corrected chi connectivity index (χ2v) is 9.74. The highest BCUT2D eigenvalue weighted by molar-refractivity contribution is 7.81. The normalized spacial score (nSPS) is 13.5. The van der Waals surface area contributed by atoms with Crippen LogP contribution in [0.25, 0.3) is 6.08 Å². The molecule has 1 aliphatic heterocycles. The summed E-state index contributed by atoms with van der Waals surface area (Å²) in [5.74, 6) is 0.0668. The van der Waals surface area contributed by atoms with Crippen molar-refractivity contribution in [3.63, 3.8) is 0 Å². The van der Waals surface area contributed by atoms with Gasteiger partial charge in [0.2, 0.25) is 0 Å². The van der Waals surface area contributed by atoms with Crippen molar-refractivity contribution in [1.82, 2.24) is 0 Å². The Hall–Kier alpha value is -4.75. The zero-order chi connectivity index (χ0) is 28.2. The first-order chi connectivity index (χ1) is 19.4. The van der Waals surface area contributed by atoms with Gasteiger partial charge in [0.25, 0.3) is 11.8 Å². The highest BCUT2D eigenvalue weighted by atomic mass is 32.1. The molecule has 2 amide bonds. The number of thiocarbonyl (C=S) groups is 1. The van der Waals surface area contributed by atoms with Gasteiger partial charge >= 0.3 is 0 Å². The molecule has 0 N–H and O–H groups in total. The van der Waals surface area contributed by atoms with E-state index in [4.69, 9.17) is 21.7 Å². The summed E-state index contributed by atoms with van der Waals surface area (Å²) < 4.78 is 11.6. The largest absolute Gasteiger partial charge is 0.493 e. The number of aryl methyl sites for hydroxylation is 2. The van der Waals surface area contributed by atoms with Crippen LogP contribution >= 0.6 is 12.2 Å². The number of rotatable bonds is 7. The summed E-state index contributed by atoms with van der Waals surface area (Å²) in [7, 11) is 1.55. The highest BCUT2D eigenvalue weighted by Gasteiger charge is 2.42. The van der Waals surface area contributed by atoms with Crippen molar-refractivity contribution >= 4 is 46.6 Å². The van der Waals surface area contributed by atoms with Crippen LogP contribution in [0.3, 0.4) is 0 Å². The van der Waals surface area contributed by atoms with Gasteiger partial charge in [-0.3, -0.25) is 19.4 Å². The number of amides is 2. The fourth-order valence-corrected chi connectivity index (χ4v) is 4.94. The zero-order valence-electron chi connectivity index (χ0n) is 22.5. The summed E-state index contributed by atoms with van der Waals surface area (Å²) in [5, 5.41) is 0.109. The van der Waals surface area contributed by atoms with Crippen molar-refractivity contribution in [2.24, 2.45) is 0 Å². The third-order valence-electron chi connectivity index (χ3n) is 6.70. The van der Waals surface area contributed by atoms with Gasteiger partial charge < -0.3 is 9.47 Å². The number of anilines is 2. The van der Waals surface area contributed by atoms with Gasteiger partial charge in [-0.05, 0) is 78.7 Å². The molecule has 1 fully saturated rings. The molecule has 0 radical (unpaired) electrons. The lowest BCUT2D eigenvalue weighted by atomic mass is 10.0. The van der Waals surface area contributed by atoms with Gasteiger partial charge in [0.1, 0.15) is 12.2 Å². The maximum atomic E-state index is 13.9. The number of para-hydroxylation sites is 2. The number of ether oxygens (including phenoxy) is 2. The highest BCUT2D eigenvalue weighted by Crippen LogP contribution is 2.34. The molecule has 200 valence electrons. The predicted octanol–water partition coefficient (Wildman–Crippen LogP) is 6.64. The van der Waals surface area contributed by atoms with E-state index in [0.29, 0.717) is 35.0 Å². The fourth-order valence-electron chi connectivity index (χ4n) is 4.58. The quantitative estimate of drug-likeness (QED) is 0.147. The Bertz CT molecular complexity index is 1560. The van der Waals surface area contributed by atoms with E-state index >= 15 is 0 Å². The average molecular weight is 549 g/mol. The second-order valence-electron chi connectivity index (χ2n) is 9.38. The van der Waals surface area contributed by atoms with E-state index in [1.54, 1.807) is 31.4 Å². The number of hydrogen-bond donors (Lipinski definition) is 0. The first kappa shape index (κ1) is 26.8. The maximum Gasteiger partial charge on any atom is 0.270 e. The minimum absolute atomic E-state index is 0.0138. The monoisotopic (exact) mass is 548 g/mol. The maximum absolute atomic E-state index is 13.9. The van der Waals surface area contributed by atoms with E-state index in [9.17, 15) is 9.59 Å². The Kier molecular flexibility index (Phi) is 7.75. The molecule has 1 saturated heterocycles. The van der Waals surface area contributed by atoms with Gasteiger partial charge in [-0.1, -0.05) is 72.8 Å². The second kappa shape index (κ2) is 11.6. The molecule has 0 unspecified atom stereocenters. The number of nitrogens with zero attached hydrogens (tertiary/aromatic N) is 2. The molecule has 4 aromatic carbocycles. The van der Waals surface area contributed by atoms with Crippen LogP contribution in [-0.4, -0.2) is 24.0 Å². The van der Waals surface area contributed by atoms with Crippen LogP contribution in [0.4, 0.5) is 11.4 Å². The number of carbonyl (C=O) groups is 2. The van der Waals surface area contributed by atoms with Crippen LogP contribution in [-0.2, 0) is 16.2 Å². The lowest BCUT2D eigenvalue weighted by Crippen LogP contribution is -2.57. The van der Waals surface area contributed by atoms with Crippen molar-refractivity contribution < 1.29 is 19.1 Å². The van der Waals surface area contributed by atoms with Gasteiger partial charge in [-0.2, -0.15) is 0 Å². The summed E-state index contributed by atoms with van der Waals surface area (Å²) in [4.78, 5) is 30.7. The minimum atomic E-state index is -0.488. The number of carbonyl (C=O) groups excluding carboxylic acids is 2. The molecular formula is C33H28N2O4S. The van der Waals surface area contributed by atoms with E-state index in [2.05, 4.69) is 0 Å². The summed E-state index contributed by atoms with van der Waals surface area (Å²) in [5.41, 5.74) is 4.59. The van der Waals surface area contributed by atoms with Crippen molar-refractivity contribution in [2.75, 3.05) is 16.9 Å². The molecule has 6 nitrogen and oxygen atoms in total. The SMILES string of the molecule is COc1cc(C=C2C(=O)N(c3ccccc3C)C(=S)N(c3ccccc3C)C2=O)ccc1OCc1ccccc1. The Morgan fingerprint density at radius 2 is 1.27 bits per heavy atom. The minimum Gasteiger partial charge on any atom is -0.493 e. The van der Waals surface area contributed by atoms with E-state index in [1.165, 1.54) is 9.80 Å². The summed E-state index contributed by atoms with van der Waals surface area (Å²) in [6.45, 7) is 4.19. The summed E-state index contributed by atoms with van der Waals surface area (Å²) in [6, 6.07) is 30.1. The standard InChI is InChI=1S/C33H28N2O4S/c1-22-11-7-9-15-27(22)34-31(36)26(32(37)35(33(34)40)28-16-10-8-12-23(28)2)19-25-17-18-29(30(20-25)38-3)39-21-24-13-5-4-6-14-24/h4-20H,21H2,1-3H3. The van der Waals surface area contributed by atoms with Crippen LogP contribution < -0.4 is 19.3 Å². The summed E-state index contributed by atoms with van der Waals surface area (Å²) in [6.07, 6.45) is 1.58. The van der Waals surface area contributed by atoms with Gasteiger partial charge in [0, 0.05) is 0 Å². The van der Waals surface area contributed by atoms with E-state index in [0.717, 1.165) is 16.7 Å². The molecule has 1 aliphatic rings. The smallest absolute Gasteiger partial charge is 0.270 e. The molecule has 0 atom stereocenters. The van der Waals surface area contributed by atoms with E-state index < -0.39 is 11.8 Å². The van der Waals surface area contributed by atoms with Crippen molar-refractivity contribution in [2.45, 2.75) is 20.5 Å². The predicted molar refractivity (Wildman–Crippen MR) is 162 cm³/mol.